The molecule has 0 amide bonds. The van der Waals surface area contributed by atoms with Crippen LogP contribution in [-0.2, 0) is 19.5 Å². The minimum absolute atomic E-state index is 0.0200. The van der Waals surface area contributed by atoms with Crippen LogP contribution in [0.15, 0.2) is 66.9 Å². The molecule has 0 aliphatic heterocycles. The fourth-order valence-corrected chi connectivity index (χ4v) is 7.05. The normalized spacial score (nSPS) is 12.7. The van der Waals surface area contributed by atoms with Gasteiger partial charge >= 0.3 is 0 Å². The zero-order valence-corrected chi connectivity index (χ0v) is 30.3. The summed E-state index contributed by atoms with van der Waals surface area (Å²) in [6.07, 6.45) is 6.80. The molecule has 0 spiro atoms. The van der Waals surface area contributed by atoms with E-state index in [0.717, 1.165) is 47.3 Å². The molecule has 0 fully saturated rings. The maximum Gasteiger partial charge on any atom is 0.222 e. The highest BCUT2D eigenvalue weighted by molar-refractivity contribution is 5.89. The predicted molar refractivity (Wildman–Crippen MR) is 208 cm³/mol. The molecule has 0 bridgehead atoms. The van der Waals surface area contributed by atoms with Crippen molar-refractivity contribution in [3.05, 3.63) is 89.5 Å². The van der Waals surface area contributed by atoms with Gasteiger partial charge in [0.05, 0.1) is 31.2 Å². The van der Waals surface area contributed by atoms with E-state index in [2.05, 4.69) is 46.6 Å². The van der Waals surface area contributed by atoms with Gasteiger partial charge < -0.3 is 46.2 Å². The van der Waals surface area contributed by atoms with Gasteiger partial charge in [0.25, 0.3) is 0 Å². The van der Waals surface area contributed by atoms with Crippen molar-refractivity contribution in [3.8, 4) is 5.75 Å². The van der Waals surface area contributed by atoms with Crippen LogP contribution in [0.3, 0.4) is 0 Å². The third-order valence-corrected chi connectivity index (χ3v) is 9.56. The van der Waals surface area contributed by atoms with Crippen LogP contribution in [0.4, 0.5) is 27.9 Å². The highest BCUT2D eigenvalue weighted by Gasteiger charge is 2.21. The molecule has 2 atom stereocenters. The van der Waals surface area contributed by atoms with Gasteiger partial charge in [0.15, 0.2) is 11.6 Å². The van der Waals surface area contributed by atoms with Gasteiger partial charge in [-0.05, 0) is 62.8 Å². The summed E-state index contributed by atoms with van der Waals surface area (Å²) in [7, 11) is 1.66. The quantitative estimate of drug-likeness (QED) is 0.0599. The molecule has 0 saturated heterocycles. The lowest BCUT2D eigenvalue weighted by atomic mass is 10.1. The Labute approximate surface area is 308 Å². The summed E-state index contributed by atoms with van der Waals surface area (Å²) < 4.78 is 24.8. The Morgan fingerprint density at radius 1 is 0.774 bits per heavy atom. The number of methoxy groups -OCH3 is 1. The van der Waals surface area contributed by atoms with Crippen LogP contribution in [0.25, 0.3) is 22.1 Å². The zero-order chi connectivity index (χ0) is 37.3. The molecule has 13 nitrogen and oxygen atoms in total. The molecule has 4 aromatic heterocycles. The Balaban J connectivity index is 1.28. The van der Waals surface area contributed by atoms with Gasteiger partial charge in [0.1, 0.15) is 22.6 Å². The number of para-hydroxylation sites is 1. The molecule has 6 rings (SSSR count). The molecule has 0 unspecified atom stereocenters. The summed E-state index contributed by atoms with van der Waals surface area (Å²) in [5.74, 6) is 1.92. The Morgan fingerprint density at radius 3 is 2.09 bits per heavy atom. The van der Waals surface area contributed by atoms with Crippen molar-refractivity contribution in [1.29, 1.82) is 0 Å². The van der Waals surface area contributed by atoms with E-state index in [1.54, 1.807) is 19.2 Å². The van der Waals surface area contributed by atoms with Gasteiger partial charge in [-0.1, -0.05) is 49.7 Å². The number of fused-ring (bicyclic) bond motifs is 2. The standard InChI is InChI=1S/C39H49FN10O3/c1-3-9-27(17-20-51)43-37-35-32(46-39(42)48-37)22-29(50(35)24-25-10-4-6-14-30(25)40)13-8-12-28(18-21-52)44-36-34-31(45-38(41)47-36)16-19-49(34)23-26-11-5-7-15-33(26)53-2/h4-7,10-11,14-16,19,22,27-28,51-52H,3,8-9,12-13,17-18,20-21,23-24H2,1-2H3,(H3,41,44,45,47)(H3,42,43,46,48)/t27-,28-/m0/s1. The van der Waals surface area contributed by atoms with Crippen LogP contribution in [0.2, 0.25) is 0 Å². The number of nitrogens with two attached hydrogens (primary N) is 2. The molecule has 0 radical (unpaired) electrons. The van der Waals surface area contributed by atoms with E-state index in [9.17, 15) is 10.2 Å². The highest BCUT2D eigenvalue weighted by atomic mass is 19.1. The van der Waals surface area contributed by atoms with E-state index in [0.29, 0.717) is 60.5 Å². The van der Waals surface area contributed by atoms with Gasteiger partial charge in [-0.15, -0.1) is 0 Å². The lowest BCUT2D eigenvalue weighted by Crippen LogP contribution is -2.23. The monoisotopic (exact) mass is 724 g/mol. The molecule has 53 heavy (non-hydrogen) atoms. The van der Waals surface area contributed by atoms with Crippen molar-refractivity contribution in [1.82, 2.24) is 29.1 Å². The Hall–Kier alpha value is -5.47. The average molecular weight is 725 g/mol. The maximum atomic E-state index is 15.1. The smallest absolute Gasteiger partial charge is 0.222 e. The third-order valence-electron chi connectivity index (χ3n) is 9.56. The van der Waals surface area contributed by atoms with Crippen molar-refractivity contribution in [2.24, 2.45) is 0 Å². The number of aliphatic hydroxyl groups is 2. The summed E-state index contributed by atoms with van der Waals surface area (Å²) in [5.41, 5.74) is 17.8. The molecule has 4 heterocycles. The number of hydrogen-bond donors (Lipinski definition) is 6. The molecule has 0 aliphatic rings. The number of rotatable bonds is 19. The Bertz CT molecular complexity index is 2130. The van der Waals surface area contributed by atoms with E-state index in [1.165, 1.54) is 6.07 Å². The Kier molecular flexibility index (Phi) is 12.2. The zero-order valence-electron chi connectivity index (χ0n) is 30.3. The first-order chi connectivity index (χ1) is 25.8. The fourth-order valence-electron chi connectivity index (χ4n) is 7.05. The molecule has 8 N–H and O–H groups in total. The number of hydrogen-bond acceptors (Lipinski definition) is 11. The lowest BCUT2D eigenvalue weighted by Gasteiger charge is -2.21. The van der Waals surface area contributed by atoms with E-state index >= 15 is 4.39 Å². The molecule has 6 aromatic rings. The number of anilines is 4. The second-order valence-corrected chi connectivity index (χ2v) is 13.3. The van der Waals surface area contributed by atoms with E-state index in [-0.39, 0.29) is 49.6 Å². The second kappa shape index (κ2) is 17.4. The SMILES string of the molecule is CCC[C@@H](CCO)Nc1nc(N)nc2cc(CCC[C@@H](CCO)Nc3nc(N)nc4ccn(Cc5ccccc5OC)c34)n(Cc3ccccc3F)c12. The van der Waals surface area contributed by atoms with Crippen LogP contribution in [0.5, 0.6) is 5.75 Å². The fraction of sp³-hybridized carbons (Fsp3) is 0.385. The molecule has 0 aliphatic carbocycles. The van der Waals surface area contributed by atoms with E-state index < -0.39 is 0 Å². The molecule has 2 aromatic carbocycles. The molecule has 14 heteroatoms. The van der Waals surface area contributed by atoms with Gasteiger partial charge in [0, 0.05) is 48.3 Å². The minimum Gasteiger partial charge on any atom is -0.496 e. The first-order valence-corrected chi connectivity index (χ1v) is 18.2. The second-order valence-electron chi connectivity index (χ2n) is 13.3. The van der Waals surface area contributed by atoms with Crippen molar-refractivity contribution in [3.63, 3.8) is 0 Å². The summed E-state index contributed by atoms with van der Waals surface area (Å²) >= 11 is 0. The van der Waals surface area contributed by atoms with Crippen LogP contribution < -0.4 is 26.8 Å². The number of ether oxygens (including phenoxy) is 1. The van der Waals surface area contributed by atoms with Crippen LogP contribution in [0, 0.1) is 5.82 Å². The molecule has 0 saturated carbocycles. The topological polar surface area (TPSA) is 187 Å². The van der Waals surface area contributed by atoms with Crippen molar-refractivity contribution < 1.29 is 19.3 Å². The number of halogens is 1. The molecule has 280 valence electrons. The number of nitrogens with zero attached hydrogens (tertiary/aromatic N) is 6. The summed E-state index contributed by atoms with van der Waals surface area (Å²) in [5, 5.41) is 26.9. The van der Waals surface area contributed by atoms with E-state index in [1.807, 2.05) is 48.7 Å². The first-order valence-electron chi connectivity index (χ1n) is 18.2. The number of aromatic nitrogens is 6. The lowest BCUT2D eigenvalue weighted by molar-refractivity contribution is 0.276. The van der Waals surface area contributed by atoms with Crippen molar-refractivity contribution in [2.45, 2.75) is 77.0 Å². The minimum atomic E-state index is -0.298. The Morgan fingerprint density at radius 2 is 1.42 bits per heavy atom. The highest BCUT2D eigenvalue weighted by Crippen LogP contribution is 2.31. The molecular formula is C39H49FN10O3. The first kappa shape index (κ1) is 37.3. The summed E-state index contributed by atoms with van der Waals surface area (Å²) in [6.45, 7) is 2.91. The van der Waals surface area contributed by atoms with Crippen molar-refractivity contribution >= 4 is 45.6 Å². The van der Waals surface area contributed by atoms with Gasteiger partial charge in [-0.25, -0.2) is 14.4 Å². The van der Waals surface area contributed by atoms with Gasteiger partial charge in [-0.2, -0.15) is 9.97 Å². The largest absolute Gasteiger partial charge is 0.496 e. The van der Waals surface area contributed by atoms with Crippen LogP contribution in [0.1, 0.15) is 62.3 Å². The average Bonchev–Trinajstić information content (AvgIpc) is 3.70. The predicted octanol–water partition coefficient (Wildman–Crippen LogP) is 5.73. The summed E-state index contributed by atoms with van der Waals surface area (Å²) in [4.78, 5) is 18.2. The number of aliphatic hydroxyl groups excluding tert-OH is 2. The van der Waals surface area contributed by atoms with Crippen LogP contribution in [-0.4, -0.2) is 71.7 Å². The summed E-state index contributed by atoms with van der Waals surface area (Å²) in [6, 6.07) is 18.4. The maximum absolute atomic E-state index is 15.1. The van der Waals surface area contributed by atoms with Crippen molar-refractivity contribution in [2.75, 3.05) is 42.4 Å². The van der Waals surface area contributed by atoms with Crippen LogP contribution >= 0.6 is 0 Å². The third kappa shape index (κ3) is 8.78. The number of nitrogens with one attached hydrogen (secondary N) is 2. The number of nitrogen functional groups attached to an aromatic ring is 2. The number of aryl methyl sites for hydroxylation is 1. The number of benzene rings is 2. The van der Waals surface area contributed by atoms with E-state index in [4.69, 9.17) is 16.2 Å². The van der Waals surface area contributed by atoms with Gasteiger partial charge in [0.2, 0.25) is 11.9 Å². The molecular weight excluding hydrogens is 675 g/mol. The van der Waals surface area contributed by atoms with Gasteiger partial charge in [-0.3, -0.25) is 0 Å².